The minimum absolute atomic E-state index is 0.0210. The Balaban J connectivity index is 5.62. The van der Waals surface area contributed by atoms with Crippen molar-refractivity contribution in [1.29, 1.82) is 0 Å². The van der Waals surface area contributed by atoms with Crippen LogP contribution >= 0.6 is 11.8 Å². The zero-order valence-electron chi connectivity index (χ0n) is 22.5. The molecule has 228 valence electrons. The average molecular weight is 591 g/mol. The highest BCUT2D eigenvalue weighted by molar-refractivity contribution is 7.98. The van der Waals surface area contributed by atoms with Crippen LogP contribution in [0.25, 0.3) is 0 Å². The maximum atomic E-state index is 13.1. The Morgan fingerprint density at radius 2 is 1.20 bits per heavy atom. The summed E-state index contributed by atoms with van der Waals surface area (Å²) < 4.78 is 0. The summed E-state index contributed by atoms with van der Waals surface area (Å²) >= 11 is 1.40. The molecular formula is C22H42N10O7S. The van der Waals surface area contributed by atoms with Gasteiger partial charge in [0.2, 0.25) is 17.7 Å². The summed E-state index contributed by atoms with van der Waals surface area (Å²) in [7, 11) is 0. The van der Waals surface area contributed by atoms with Crippen molar-refractivity contribution in [1.82, 2.24) is 16.0 Å². The first kappa shape index (κ1) is 36.2. The smallest absolute Gasteiger partial charge is 0.326 e. The number of nitrogens with two attached hydrogens (primary N) is 5. The van der Waals surface area contributed by atoms with Crippen molar-refractivity contribution in [2.75, 3.05) is 25.1 Å². The maximum Gasteiger partial charge on any atom is 0.326 e. The molecule has 0 spiro atoms. The second kappa shape index (κ2) is 20.2. The Hall–Kier alpha value is -3.80. The van der Waals surface area contributed by atoms with Crippen LogP contribution in [-0.2, 0) is 24.0 Å². The molecule has 4 atom stereocenters. The Labute approximate surface area is 236 Å². The van der Waals surface area contributed by atoms with E-state index in [1.165, 1.54) is 11.8 Å². The van der Waals surface area contributed by atoms with Gasteiger partial charge in [-0.05, 0) is 50.5 Å². The molecule has 0 rings (SSSR count). The Morgan fingerprint density at radius 3 is 1.68 bits per heavy atom. The molecule has 15 N–H and O–H groups in total. The van der Waals surface area contributed by atoms with Gasteiger partial charge < -0.3 is 54.8 Å². The molecule has 0 saturated heterocycles. The van der Waals surface area contributed by atoms with Crippen LogP contribution < -0.4 is 44.6 Å². The third kappa shape index (κ3) is 16.9. The van der Waals surface area contributed by atoms with E-state index in [-0.39, 0.29) is 57.1 Å². The minimum Gasteiger partial charge on any atom is -0.481 e. The molecule has 0 heterocycles. The van der Waals surface area contributed by atoms with E-state index in [1.807, 2.05) is 0 Å². The van der Waals surface area contributed by atoms with Crippen LogP contribution in [0, 0.1) is 0 Å². The lowest BCUT2D eigenvalue weighted by molar-refractivity contribution is -0.142. The molecule has 0 aliphatic carbocycles. The van der Waals surface area contributed by atoms with Crippen molar-refractivity contribution in [2.45, 2.75) is 69.1 Å². The van der Waals surface area contributed by atoms with E-state index in [9.17, 15) is 29.1 Å². The van der Waals surface area contributed by atoms with E-state index < -0.39 is 60.2 Å². The first-order valence-corrected chi connectivity index (χ1v) is 13.9. The molecule has 0 saturated carbocycles. The number of carbonyl (C=O) groups excluding carboxylic acids is 3. The van der Waals surface area contributed by atoms with E-state index in [0.717, 1.165) is 0 Å². The highest BCUT2D eigenvalue weighted by Crippen LogP contribution is 2.07. The number of rotatable bonds is 21. The predicted molar refractivity (Wildman–Crippen MR) is 151 cm³/mol. The number of guanidine groups is 2. The average Bonchev–Trinajstić information content (AvgIpc) is 2.87. The topological polar surface area (TPSA) is 317 Å². The molecule has 4 unspecified atom stereocenters. The summed E-state index contributed by atoms with van der Waals surface area (Å²) in [5, 5.41) is 25.9. The first-order chi connectivity index (χ1) is 18.8. The number of thioether (sulfide) groups is 1. The molecule has 0 aliphatic rings. The summed E-state index contributed by atoms with van der Waals surface area (Å²) in [4.78, 5) is 69.1. The van der Waals surface area contributed by atoms with Crippen molar-refractivity contribution in [3.63, 3.8) is 0 Å². The molecule has 0 bridgehead atoms. The standard InChI is InChI=1S/C22H42N10O7S/c1-40-11-8-15(20(38)39)32-18(36)13(5-3-10-29-22(26)27)31-19(37)14(6-7-16(33)34)30-17(35)12(23)4-2-9-28-21(24)25/h12-15H,2-11,23H2,1H3,(H,30,35)(H,31,37)(H,32,36)(H,33,34)(H,38,39)(H4,24,25,28)(H4,26,27,29). The Bertz CT molecular complexity index is 910. The number of nitrogens with one attached hydrogen (secondary N) is 3. The van der Waals surface area contributed by atoms with Crippen molar-refractivity contribution in [2.24, 2.45) is 38.7 Å². The number of carboxylic acid groups (broad SMARTS) is 2. The second-order valence-corrected chi connectivity index (χ2v) is 9.73. The van der Waals surface area contributed by atoms with Gasteiger partial charge in [0.15, 0.2) is 11.9 Å². The quantitative estimate of drug-likeness (QED) is 0.0354. The van der Waals surface area contributed by atoms with Gasteiger partial charge in [-0.2, -0.15) is 11.8 Å². The minimum atomic E-state index is -1.34. The van der Waals surface area contributed by atoms with E-state index in [1.54, 1.807) is 6.26 Å². The van der Waals surface area contributed by atoms with Gasteiger partial charge in [0.05, 0.1) is 6.04 Å². The lowest BCUT2D eigenvalue weighted by atomic mass is 10.1. The predicted octanol–water partition coefficient (Wildman–Crippen LogP) is -3.42. The molecule has 40 heavy (non-hydrogen) atoms. The normalized spacial score (nSPS) is 13.6. The number of nitrogens with zero attached hydrogens (tertiary/aromatic N) is 2. The summed E-state index contributed by atoms with van der Waals surface area (Å²) in [5.41, 5.74) is 27.0. The van der Waals surface area contributed by atoms with E-state index >= 15 is 0 Å². The number of hydrogen-bond donors (Lipinski definition) is 10. The number of amides is 3. The van der Waals surface area contributed by atoms with Crippen LogP contribution in [-0.4, -0.2) is 101 Å². The van der Waals surface area contributed by atoms with Gasteiger partial charge in [0.1, 0.15) is 18.1 Å². The zero-order valence-corrected chi connectivity index (χ0v) is 23.3. The largest absolute Gasteiger partial charge is 0.481 e. The third-order valence-electron chi connectivity index (χ3n) is 5.39. The number of carboxylic acids is 2. The SMILES string of the molecule is CSCCC(NC(=O)C(CCCN=C(N)N)NC(=O)C(CCC(=O)O)NC(=O)C(N)CCCN=C(N)N)C(=O)O. The van der Waals surface area contributed by atoms with Gasteiger partial charge in [-0.3, -0.25) is 29.2 Å². The van der Waals surface area contributed by atoms with Crippen molar-refractivity contribution in [3.8, 4) is 0 Å². The summed E-state index contributed by atoms with van der Waals surface area (Å²) in [6.07, 6.45) is 2.00. The van der Waals surface area contributed by atoms with E-state index in [2.05, 4.69) is 25.9 Å². The number of aliphatic imine (C=N–C) groups is 2. The lowest BCUT2D eigenvalue weighted by Gasteiger charge is -2.25. The van der Waals surface area contributed by atoms with E-state index in [4.69, 9.17) is 33.8 Å². The molecule has 3 amide bonds. The van der Waals surface area contributed by atoms with Crippen molar-refractivity contribution < 1.29 is 34.2 Å². The van der Waals surface area contributed by atoms with E-state index in [0.29, 0.717) is 12.2 Å². The molecule has 0 aromatic heterocycles. The number of hydrogen-bond acceptors (Lipinski definition) is 9. The van der Waals surface area contributed by atoms with Crippen LogP contribution in [0.4, 0.5) is 0 Å². The Morgan fingerprint density at radius 1 is 0.725 bits per heavy atom. The monoisotopic (exact) mass is 590 g/mol. The van der Waals surface area contributed by atoms with Crippen LogP contribution in [0.3, 0.4) is 0 Å². The summed E-state index contributed by atoms with van der Waals surface area (Å²) in [5.74, 6) is -4.60. The fourth-order valence-corrected chi connectivity index (χ4v) is 3.75. The second-order valence-electron chi connectivity index (χ2n) is 8.74. The van der Waals surface area contributed by atoms with Crippen molar-refractivity contribution in [3.05, 3.63) is 0 Å². The first-order valence-electron chi connectivity index (χ1n) is 12.5. The molecule has 0 aromatic rings. The summed E-state index contributed by atoms with van der Waals surface area (Å²) in [6, 6.07) is -4.81. The van der Waals surface area contributed by atoms with Gasteiger partial charge in [-0.1, -0.05) is 0 Å². The van der Waals surface area contributed by atoms with Gasteiger partial charge in [-0.15, -0.1) is 0 Å². The van der Waals surface area contributed by atoms with Crippen molar-refractivity contribution >= 4 is 53.3 Å². The zero-order chi connectivity index (χ0) is 30.7. The molecule has 0 radical (unpaired) electrons. The summed E-state index contributed by atoms with van der Waals surface area (Å²) in [6.45, 7) is 0.363. The molecule has 17 nitrogen and oxygen atoms in total. The van der Waals surface area contributed by atoms with Crippen LogP contribution in [0.15, 0.2) is 9.98 Å². The van der Waals surface area contributed by atoms with Crippen LogP contribution in [0.5, 0.6) is 0 Å². The maximum absolute atomic E-state index is 13.1. The van der Waals surface area contributed by atoms with Gasteiger partial charge in [0.25, 0.3) is 0 Å². The molecule has 0 aromatic carbocycles. The lowest BCUT2D eigenvalue weighted by Crippen LogP contribution is -2.57. The fraction of sp³-hybridized carbons (Fsp3) is 0.682. The number of carbonyl (C=O) groups is 5. The number of aliphatic carboxylic acids is 2. The highest BCUT2D eigenvalue weighted by Gasteiger charge is 2.30. The van der Waals surface area contributed by atoms with Crippen LogP contribution in [0.2, 0.25) is 0 Å². The molecule has 0 fully saturated rings. The third-order valence-corrected chi connectivity index (χ3v) is 6.03. The Kier molecular flexibility index (Phi) is 18.2. The van der Waals surface area contributed by atoms with Gasteiger partial charge in [0, 0.05) is 19.5 Å². The van der Waals surface area contributed by atoms with Gasteiger partial charge >= 0.3 is 11.9 Å². The van der Waals surface area contributed by atoms with Gasteiger partial charge in [-0.25, -0.2) is 4.79 Å². The molecule has 18 heteroatoms. The van der Waals surface area contributed by atoms with Crippen LogP contribution in [0.1, 0.15) is 44.9 Å². The fourth-order valence-electron chi connectivity index (χ4n) is 3.28. The molecule has 0 aliphatic heterocycles. The highest BCUT2D eigenvalue weighted by atomic mass is 32.2. The molecular weight excluding hydrogens is 548 g/mol.